The zero-order chi connectivity index (χ0) is 20.1. The standard InChI is InChI=1S/C18H14Cl3N5OS/c1-26-17(11-2-5-13(19)6-3-11)24-25-18(26)28-10-16(27)23-22-9-12-4-7-14(20)8-15(12)21/h2-9H,10H2,1H3,(H,23,27)/b22-9-. The van der Waals surface area contributed by atoms with Crippen molar-refractivity contribution < 1.29 is 4.79 Å². The van der Waals surface area contributed by atoms with Crippen molar-refractivity contribution in [2.75, 3.05) is 5.75 Å². The number of amides is 1. The van der Waals surface area contributed by atoms with E-state index in [9.17, 15) is 4.79 Å². The van der Waals surface area contributed by atoms with Crippen LogP contribution in [0.25, 0.3) is 11.4 Å². The summed E-state index contributed by atoms with van der Waals surface area (Å²) < 4.78 is 1.82. The number of thioether (sulfide) groups is 1. The maximum Gasteiger partial charge on any atom is 0.250 e. The van der Waals surface area contributed by atoms with Crippen LogP contribution >= 0.6 is 46.6 Å². The van der Waals surface area contributed by atoms with Gasteiger partial charge in [-0.15, -0.1) is 10.2 Å². The lowest BCUT2D eigenvalue weighted by Gasteiger charge is -2.04. The van der Waals surface area contributed by atoms with Crippen molar-refractivity contribution in [3.8, 4) is 11.4 Å². The molecular formula is C18H14Cl3N5OS. The second kappa shape index (κ2) is 9.43. The van der Waals surface area contributed by atoms with E-state index >= 15 is 0 Å². The van der Waals surface area contributed by atoms with Gasteiger partial charge in [0.1, 0.15) is 0 Å². The summed E-state index contributed by atoms with van der Waals surface area (Å²) in [6, 6.07) is 12.3. The van der Waals surface area contributed by atoms with Gasteiger partial charge in [0, 0.05) is 28.2 Å². The third kappa shape index (κ3) is 5.26. The summed E-state index contributed by atoms with van der Waals surface area (Å²) in [6.07, 6.45) is 1.46. The van der Waals surface area contributed by atoms with Crippen molar-refractivity contribution in [2.45, 2.75) is 5.16 Å². The highest BCUT2D eigenvalue weighted by molar-refractivity contribution is 7.99. The van der Waals surface area contributed by atoms with E-state index in [4.69, 9.17) is 34.8 Å². The maximum atomic E-state index is 12.0. The van der Waals surface area contributed by atoms with Crippen LogP contribution in [0.4, 0.5) is 0 Å². The van der Waals surface area contributed by atoms with Gasteiger partial charge in [-0.3, -0.25) is 4.79 Å². The summed E-state index contributed by atoms with van der Waals surface area (Å²) >= 11 is 19.1. The molecule has 0 aliphatic heterocycles. The summed E-state index contributed by atoms with van der Waals surface area (Å²) in [5, 5.41) is 14.5. The summed E-state index contributed by atoms with van der Waals surface area (Å²) in [7, 11) is 1.84. The molecule has 0 aliphatic rings. The summed E-state index contributed by atoms with van der Waals surface area (Å²) in [5.74, 6) is 0.551. The second-order valence-corrected chi connectivity index (χ2v) is 7.84. The first-order valence-corrected chi connectivity index (χ1v) is 10.1. The van der Waals surface area contributed by atoms with E-state index in [2.05, 4.69) is 20.7 Å². The van der Waals surface area contributed by atoms with Gasteiger partial charge in [-0.05, 0) is 36.4 Å². The molecule has 0 saturated carbocycles. The van der Waals surface area contributed by atoms with Crippen LogP contribution in [0, 0.1) is 0 Å². The van der Waals surface area contributed by atoms with Crippen LogP contribution in [0.15, 0.2) is 52.7 Å². The molecule has 1 N–H and O–H groups in total. The van der Waals surface area contributed by atoms with Crippen LogP contribution in [-0.4, -0.2) is 32.6 Å². The highest BCUT2D eigenvalue weighted by Gasteiger charge is 2.12. The van der Waals surface area contributed by atoms with Gasteiger partial charge in [0.25, 0.3) is 5.91 Å². The number of hydrogen-bond donors (Lipinski definition) is 1. The zero-order valence-electron chi connectivity index (χ0n) is 14.6. The Labute approximate surface area is 180 Å². The van der Waals surface area contributed by atoms with Crippen LogP contribution in [0.2, 0.25) is 15.1 Å². The van der Waals surface area contributed by atoms with Gasteiger partial charge in [-0.1, -0.05) is 52.6 Å². The third-order valence-electron chi connectivity index (χ3n) is 3.63. The van der Waals surface area contributed by atoms with E-state index in [0.29, 0.717) is 31.6 Å². The molecule has 2 aromatic carbocycles. The molecule has 1 heterocycles. The SMILES string of the molecule is Cn1c(SCC(=O)N/N=C\c2ccc(Cl)cc2Cl)nnc1-c1ccc(Cl)cc1. The fourth-order valence-electron chi connectivity index (χ4n) is 2.23. The number of hydrogen-bond acceptors (Lipinski definition) is 5. The van der Waals surface area contributed by atoms with Gasteiger partial charge in [0.2, 0.25) is 0 Å². The molecule has 3 rings (SSSR count). The lowest BCUT2D eigenvalue weighted by molar-refractivity contribution is -0.118. The Morgan fingerprint density at radius 1 is 1.14 bits per heavy atom. The summed E-state index contributed by atoms with van der Waals surface area (Å²) in [5.41, 5.74) is 4.00. The Bertz CT molecular complexity index is 1020. The number of carbonyl (C=O) groups is 1. The lowest BCUT2D eigenvalue weighted by Crippen LogP contribution is -2.20. The molecule has 1 amide bonds. The quantitative estimate of drug-likeness (QED) is 0.333. The van der Waals surface area contributed by atoms with Crippen molar-refractivity contribution in [2.24, 2.45) is 12.1 Å². The van der Waals surface area contributed by atoms with Gasteiger partial charge in [-0.2, -0.15) is 5.10 Å². The molecule has 0 bridgehead atoms. The molecule has 0 unspecified atom stereocenters. The van der Waals surface area contributed by atoms with Crippen LogP contribution in [0.1, 0.15) is 5.56 Å². The highest BCUT2D eigenvalue weighted by atomic mass is 35.5. The molecule has 0 fully saturated rings. The minimum absolute atomic E-state index is 0.137. The minimum atomic E-state index is -0.276. The average molecular weight is 455 g/mol. The van der Waals surface area contributed by atoms with Gasteiger partial charge < -0.3 is 4.57 Å². The largest absolute Gasteiger partial charge is 0.305 e. The fourth-order valence-corrected chi connectivity index (χ4v) is 3.52. The number of aromatic nitrogens is 3. The Morgan fingerprint density at radius 3 is 2.57 bits per heavy atom. The van der Waals surface area contributed by atoms with Crippen molar-refractivity contribution in [1.29, 1.82) is 0 Å². The zero-order valence-corrected chi connectivity index (χ0v) is 17.6. The molecule has 0 atom stereocenters. The first-order valence-electron chi connectivity index (χ1n) is 7.99. The van der Waals surface area contributed by atoms with Crippen molar-refractivity contribution >= 4 is 58.7 Å². The van der Waals surface area contributed by atoms with E-state index in [1.807, 2.05) is 23.7 Å². The fraction of sp³-hybridized carbons (Fsp3) is 0.111. The number of rotatable bonds is 6. The number of halogens is 3. The number of carbonyl (C=O) groups excluding carboxylic acids is 1. The summed E-state index contributed by atoms with van der Waals surface area (Å²) in [4.78, 5) is 12.0. The van der Waals surface area contributed by atoms with Gasteiger partial charge in [-0.25, -0.2) is 5.43 Å². The van der Waals surface area contributed by atoms with Crippen molar-refractivity contribution in [3.05, 3.63) is 63.1 Å². The van der Waals surface area contributed by atoms with Crippen LogP contribution in [0.3, 0.4) is 0 Å². The van der Waals surface area contributed by atoms with E-state index < -0.39 is 0 Å². The van der Waals surface area contributed by atoms with E-state index in [1.54, 1.807) is 30.3 Å². The van der Waals surface area contributed by atoms with Gasteiger partial charge in [0.05, 0.1) is 17.0 Å². The Balaban J connectivity index is 1.56. The molecule has 0 spiro atoms. The van der Waals surface area contributed by atoms with Crippen molar-refractivity contribution in [1.82, 2.24) is 20.2 Å². The normalized spacial score (nSPS) is 11.1. The Kier molecular flexibility index (Phi) is 6.96. The first-order chi connectivity index (χ1) is 13.4. The van der Waals surface area contributed by atoms with Crippen LogP contribution < -0.4 is 5.43 Å². The van der Waals surface area contributed by atoms with Crippen LogP contribution in [0.5, 0.6) is 0 Å². The number of nitrogens with one attached hydrogen (secondary N) is 1. The van der Waals surface area contributed by atoms with E-state index in [0.717, 1.165) is 5.56 Å². The molecular weight excluding hydrogens is 441 g/mol. The number of nitrogens with zero attached hydrogens (tertiary/aromatic N) is 4. The third-order valence-corrected chi connectivity index (χ3v) is 5.46. The lowest BCUT2D eigenvalue weighted by atomic mass is 10.2. The molecule has 144 valence electrons. The molecule has 3 aromatic rings. The molecule has 0 aliphatic carbocycles. The predicted molar refractivity (Wildman–Crippen MR) is 114 cm³/mol. The molecule has 6 nitrogen and oxygen atoms in total. The van der Waals surface area contributed by atoms with Gasteiger partial charge >= 0.3 is 0 Å². The van der Waals surface area contributed by atoms with Crippen molar-refractivity contribution in [3.63, 3.8) is 0 Å². The van der Waals surface area contributed by atoms with E-state index in [1.165, 1.54) is 18.0 Å². The maximum absolute atomic E-state index is 12.0. The highest BCUT2D eigenvalue weighted by Crippen LogP contribution is 2.24. The molecule has 10 heteroatoms. The van der Waals surface area contributed by atoms with Crippen LogP contribution in [-0.2, 0) is 11.8 Å². The Hall–Kier alpha value is -2.06. The molecule has 0 radical (unpaired) electrons. The summed E-state index contributed by atoms with van der Waals surface area (Å²) in [6.45, 7) is 0. The second-order valence-electron chi connectivity index (χ2n) is 5.62. The van der Waals surface area contributed by atoms with Gasteiger partial charge in [0.15, 0.2) is 11.0 Å². The minimum Gasteiger partial charge on any atom is -0.305 e. The number of benzene rings is 2. The topological polar surface area (TPSA) is 72.2 Å². The molecule has 0 saturated heterocycles. The Morgan fingerprint density at radius 2 is 1.86 bits per heavy atom. The monoisotopic (exact) mass is 453 g/mol. The smallest absolute Gasteiger partial charge is 0.250 e. The van der Waals surface area contributed by atoms with E-state index in [-0.39, 0.29) is 11.7 Å². The molecule has 1 aromatic heterocycles. The average Bonchev–Trinajstić information content (AvgIpc) is 3.03. The predicted octanol–water partition coefficient (Wildman–Crippen LogP) is 4.68. The number of hydrazone groups is 1. The first kappa shape index (κ1) is 20.7. The molecule has 28 heavy (non-hydrogen) atoms.